The molecule has 0 saturated heterocycles. The second-order valence-electron chi connectivity index (χ2n) is 3.62. The Balaban J connectivity index is 1.97. The van der Waals surface area contributed by atoms with E-state index in [2.05, 4.69) is 25.5 Å². The Hall–Kier alpha value is -2.37. The van der Waals surface area contributed by atoms with Gasteiger partial charge in [0.05, 0.1) is 0 Å². The lowest BCUT2D eigenvalue weighted by molar-refractivity contribution is 0.310. The topological polar surface area (TPSA) is 89.3 Å². The van der Waals surface area contributed by atoms with E-state index in [1.54, 1.807) is 0 Å². The summed E-state index contributed by atoms with van der Waals surface area (Å²) in [6, 6.07) is 10.1. The van der Waals surface area contributed by atoms with Crippen LogP contribution in [0.4, 0.5) is 11.6 Å². The number of hydrogen-bond acceptors (Lipinski definition) is 6. The zero-order valence-corrected chi connectivity index (χ0v) is 9.42. The Morgan fingerprint density at radius 3 is 2.76 bits per heavy atom. The van der Waals surface area contributed by atoms with E-state index in [0.717, 1.165) is 12.1 Å². The molecule has 0 atom stereocenters. The summed E-state index contributed by atoms with van der Waals surface area (Å²) in [7, 11) is 0. The van der Waals surface area contributed by atoms with Gasteiger partial charge in [-0.05, 0) is 22.8 Å². The fourth-order valence-electron chi connectivity index (χ4n) is 1.35. The Labute approximate surface area is 98.5 Å². The lowest BCUT2D eigenvalue weighted by Gasteiger charge is -2.01. The Morgan fingerprint density at radius 2 is 2.12 bits per heavy atom. The predicted octanol–water partition coefficient (Wildman–Crippen LogP) is 1.68. The number of aromatic nitrogens is 2. The lowest BCUT2D eigenvalue weighted by atomic mass is 10.1. The number of hydrazone groups is 1. The molecule has 0 spiro atoms. The summed E-state index contributed by atoms with van der Waals surface area (Å²) in [6.45, 7) is 1.92. The van der Waals surface area contributed by atoms with Crippen molar-refractivity contribution in [2.75, 3.05) is 11.2 Å². The van der Waals surface area contributed by atoms with Gasteiger partial charge >= 0.3 is 0 Å². The SMILES string of the molecule is C/C(Cc1ccccc1)=N/Nc1nonc1N. The van der Waals surface area contributed by atoms with E-state index >= 15 is 0 Å². The zero-order chi connectivity index (χ0) is 12.1. The van der Waals surface area contributed by atoms with Crippen LogP contribution in [0.15, 0.2) is 40.1 Å². The van der Waals surface area contributed by atoms with Crippen LogP contribution < -0.4 is 11.2 Å². The second-order valence-corrected chi connectivity index (χ2v) is 3.62. The first kappa shape index (κ1) is 11.1. The second kappa shape index (κ2) is 5.11. The van der Waals surface area contributed by atoms with Gasteiger partial charge in [0.15, 0.2) is 0 Å². The van der Waals surface area contributed by atoms with Crippen molar-refractivity contribution in [3.8, 4) is 0 Å². The standard InChI is InChI=1S/C11H13N5O/c1-8(7-9-5-3-2-4-6-9)13-14-11-10(12)15-17-16-11/h2-6H,7H2,1H3,(H2,12,15)(H,14,16)/b13-8-. The normalized spacial score (nSPS) is 11.5. The molecule has 1 heterocycles. The highest BCUT2D eigenvalue weighted by Crippen LogP contribution is 2.10. The summed E-state index contributed by atoms with van der Waals surface area (Å²) < 4.78 is 4.44. The number of nitrogens with two attached hydrogens (primary N) is 1. The summed E-state index contributed by atoms with van der Waals surface area (Å²) in [5.41, 5.74) is 10.3. The highest BCUT2D eigenvalue weighted by atomic mass is 16.6. The molecule has 17 heavy (non-hydrogen) atoms. The van der Waals surface area contributed by atoms with Crippen LogP contribution in [0.1, 0.15) is 12.5 Å². The van der Waals surface area contributed by atoms with Crippen molar-refractivity contribution in [1.29, 1.82) is 0 Å². The van der Waals surface area contributed by atoms with Crippen LogP contribution in [-0.4, -0.2) is 16.0 Å². The number of rotatable bonds is 4. The molecule has 2 aromatic rings. The summed E-state index contributed by atoms with van der Waals surface area (Å²) in [4.78, 5) is 0. The molecule has 1 aromatic carbocycles. The van der Waals surface area contributed by atoms with Crippen LogP contribution >= 0.6 is 0 Å². The van der Waals surface area contributed by atoms with Gasteiger partial charge in [0.1, 0.15) is 0 Å². The maximum absolute atomic E-state index is 5.48. The van der Waals surface area contributed by atoms with E-state index < -0.39 is 0 Å². The van der Waals surface area contributed by atoms with E-state index in [9.17, 15) is 0 Å². The zero-order valence-electron chi connectivity index (χ0n) is 9.42. The average Bonchev–Trinajstić information content (AvgIpc) is 2.74. The predicted molar refractivity (Wildman–Crippen MR) is 65.6 cm³/mol. The molecule has 0 saturated carbocycles. The minimum atomic E-state index is 0.196. The molecule has 0 fully saturated rings. The molecule has 6 heteroatoms. The summed E-state index contributed by atoms with van der Waals surface area (Å²) in [6.07, 6.45) is 0.763. The highest BCUT2D eigenvalue weighted by molar-refractivity contribution is 5.84. The third-order valence-electron chi connectivity index (χ3n) is 2.17. The molecule has 0 aliphatic heterocycles. The van der Waals surface area contributed by atoms with Crippen molar-refractivity contribution in [2.45, 2.75) is 13.3 Å². The molecule has 3 N–H and O–H groups in total. The number of hydrogen-bond donors (Lipinski definition) is 2. The van der Waals surface area contributed by atoms with Gasteiger partial charge in [0, 0.05) is 12.1 Å². The molecular weight excluding hydrogens is 218 g/mol. The molecule has 0 aliphatic carbocycles. The van der Waals surface area contributed by atoms with Gasteiger partial charge in [-0.1, -0.05) is 30.3 Å². The number of nitrogens with one attached hydrogen (secondary N) is 1. The van der Waals surface area contributed by atoms with Crippen molar-refractivity contribution in [3.05, 3.63) is 35.9 Å². The third kappa shape index (κ3) is 3.04. The smallest absolute Gasteiger partial charge is 0.235 e. The van der Waals surface area contributed by atoms with Gasteiger partial charge in [-0.2, -0.15) is 5.10 Å². The van der Waals surface area contributed by atoms with Crippen molar-refractivity contribution in [2.24, 2.45) is 5.10 Å². The summed E-state index contributed by atoms with van der Waals surface area (Å²) in [5.74, 6) is 0.527. The fourth-order valence-corrected chi connectivity index (χ4v) is 1.35. The maximum Gasteiger partial charge on any atom is 0.235 e. The molecule has 0 amide bonds. The van der Waals surface area contributed by atoms with E-state index in [0.29, 0.717) is 5.82 Å². The van der Waals surface area contributed by atoms with Crippen LogP contribution in [0, 0.1) is 0 Å². The Kier molecular flexibility index (Phi) is 3.34. The van der Waals surface area contributed by atoms with Crippen LogP contribution in [-0.2, 0) is 6.42 Å². The number of anilines is 2. The van der Waals surface area contributed by atoms with Gasteiger partial charge < -0.3 is 5.73 Å². The van der Waals surface area contributed by atoms with Gasteiger partial charge in [-0.3, -0.25) is 5.43 Å². The van der Waals surface area contributed by atoms with Crippen molar-refractivity contribution in [1.82, 2.24) is 10.3 Å². The van der Waals surface area contributed by atoms with E-state index in [1.807, 2.05) is 37.3 Å². The van der Waals surface area contributed by atoms with E-state index in [-0.39, 0.29) is 5.82 Å². The molecular formula is C11H13N5O. The summed E-state index contributed by atoms with van der Waals surface area (Å²) >= 11 is 0. The lowest BCUT2D eigenvalue weighted by Crippen LogP contribution is -2.03. The molecule has 1 aromatic heterocycles. The van der Waals surface area contributed by atoms with Gasteiger partial charge in [-0.15, -0.1) is 0 Å². The average molecular weight is 231 g/mol. The molecule has 6 nitrogen and oxygen atoms in total. The third-order valence-corrected chi connectivity index (χ3v) is 2.17. The molecule has 0 unspecified atom stereocenters. The van der Waals surface area contributed by atoms with Crippen molar-refractivity contribution >= 4 is 17.3 Å². The van der Waals surface area contributed by atoms with Crippen LogP contribution in [0.5, 0.6) is 0 Å². The van der Waals surface area contributed by atoms with Gasteiger partial charge in [0.2, 0.25) is 11.6 Å². The fraction of sp³-hybridized carbons (Fsp3) is 0.182. The first-order valence-corrected chi connectivity index (χ1v) is 5.17. The molecule has 2 rings (SSSR count). The van der Waals surface area contributed by atoms with Crippen LogP contribution in [0.3, 0.4) is 0 Å². The first-order chi connectivity index (χ1) is 8.25. The van der Waals surface area contributed by atoms with Crippen molar-refractivity contribution < 1.29 is 4.63 Å². The summed E-state index contributed by atoms with van der Waals surface area (Å²) in [5, 5.41) is 11.2. The molecule has 0 bridgehead atoms. The highest BCUT2D eigenvalue weighted by Gasteiger charge is 2.03. The minimum Gasteiger partial charge on any atom is -0.378 e. The Morgan fingerprint density at radius 1 is 1.35 bits per heavy atom. The quantitative estimate of drug-likeness (QED) is 0.617. The number of benzene rings is 1. The first-order valence-electron chi connectivity index (χ1n) is 5.17. The number of nitrogens with zero attached hydrogens (tertiary/aromatic N) is 3. The number of nitrogen functional groups attached to an aromatic ring is 1. The largest absolute Gasteiger partial charge is 0.378 e. The molecule has 0 aliphatic rings. The minimum absolute atomic E-state index is 0.196. The van der Waals surface area contributed by atoms with E-state index in [4.69, 9.17) is 5.73 Å². The van der Waals surface area contributed by atoms with Crippen LogP contribution in [0.25, 0.3) is 0 Å². The maximum atomic E-state index is 5.48. The Bertz CT molecular complexity index is 506. The molecule has 0 radical (unpaired) electrons. The van der Waals surface area contributed by atoms with E-state index in [1.165, 1.54) is 5.56 Å². The van der Waals surface area contributed by atoms with Gasteiger partial charge in [-0.25, -0.2) is 4.63 Å². The van der Waals surface area contributed by atoms with Gasteiger partial charge in [0.25, 0.3) is 0 Å². The van der Waals surface area contributed by atoms with Crippen LogP contribution in [0.2, 0.25) is 0 Å². The monoisotopic (exact) mass is 231 g/mol. The molecule has 88 valence electrons. The van der Waals surface area contributed by atoms with Crippen molar-refractivity contribution in [3.63, 3.8) is 0 Å².